The largest absolute Gasteiger partial charge is 0.461 e. The molecule has 0 radical (unpaired) electrons. The van der Waals surface area contributed by atoms with Gasteiger partial charge in [-0.05, 0) is 30.5 Å². The lowest BCUT2D eigenvalue weighted by atomic mass is 10.00. The van der Waals surface area contributed by atoms with Gasteiger partial charge in [-0.15, -0.1) is 0 Å². The number of benzene rings is 1. The zero-order valence-corrected chi connectivity index (χ0v) is 9.70. The van der Waals surface area contributed by atoms with Crippen LogP contribution in [0.5, 0.6) is 0 Å². The molecule has 1 aromatic heterocycles. The lowest BCUT2D eigenvalue weighted by Crippen LogP contribution is -2.11. The fourth-order valence-electron chi connectivity index (χ4n) is 1.90. The number of carbonyl (C=O) groups excluding carboxylic acids is 1. The van der Waals surface area contributed by atoms with Crippen molar-refractivity contribution in [2.45, 2.75) is 26.7 Å². The summed E-state index contributed by atoms with van der Waals surface area (Å²) in [4.78, 5) is 11.3. The molecule has 2 rings (SSSR count). The highest BCUT2D eigenvalue weighted by molar-refractivity contribution is 6.06. The first-order valence-corrected chi connectivity index (χ1v) is 5.33. The molecule has 0 fully saturated rings. The van der Waals surface area contributed by atoms with Crippen LogP contribution < -0.4 is 5.73 Å². The van der Waals surface area contributed by atoms with Crippen LogP contribution in [0.3, 0.4) is 0 Å². The van der Waals surface area contributed by atoms with E-state index in [0.29, 0.717) is 17.2 Å². The Morgan fingerprint density at radius 3 is 2.62 bits per heavy atom. The normalized spacial score (nSPS) is 11.2. The third kappa shape index (κ3) is 1.58. The first kappa shape index (κ1) is 10.7. The molecule has 3 heteroatoms. The Bertz CT molecular complexity index is 552. The van der Waals surface area contributed by atoms with E-state index < -0.39 is 5.91 Å². The van der Waals surface area contributed by atoms with Gasteiger partial charge < -0.3 is 10.2 Å². The standard InChI is InChI=1S/C13H15NO2/c1-7(2)9-4-5-11-10(6-9)12(13(14)15)8(3)16-11/h4-7H,1-3H3,(H2,14,15). The molecule has 16 heavy (non-hydrogen) atoms. The molecule has 1 amide bonds. The zero-order valence-electron chi connectivity index (χ0n) is 9.70. The fraction of sp³-hybridized carbons (Fsp3) is 0.308. The number of primary amides is 1. The van der Waals surface area contributed by atoms with Gasteiger partial charge in [0, 0.05) is 5.39 Å². The van der Waals surface area contributed by atoms with E-state index in [1.807, 2.05) is 18.2 Å². The smallest absolute Gasteiger partial charge is 0.252 e. The minimum Gasteiger partial charge on any atom is -0.461 e. The van der Waals surface area contributed by atoms with Gasteiger partial charge in [0.15, 0.2) is 0 Å². The third-order valence-corrected chi connectivity index (χ3v) is 2.80. The van der Waals surface area contributed by atoms with Crippen molar-refractivity contribution in [1.29, 1.82) is 0 Å². The van der Waals surface area contributed by atoms with Crippen LogP contribution in [0.2, 0.25) is 0 Å². The Morgan fingerprint density at radius 1 is 1.38 bits per heavy atom. The van der Waals surface area contributed by atoms with Crippen LogP contribution in [-0.4, -0.2) is 5.91 Å². The van der Waals surface area contributed by atoms with Gasteiger partial charge in [-0.3, -0.25) is 4.79 Å². The van der Waals surface area contributed by atoms with E-state index in [9.17, 15) is 4.79 Å². The van der Waals surface area contributed by atoms with Crippen molar-refractivity contribution in [3.05, 3.63) is 35.1 Å². The first-order valence-electron chi connectivity index (χ1n) is 5.33. The molecule has 0 bridgehead atoms. The highest BCUT2D eigenvalue weighted by Crippen LogP contribution is 2.28. The summed E-state index contributed by atoms with van der Waals surface area (Å²) in [6.45, 7) is 5.98. The number of carbonyl (C=O) groups is 1. The van der Waals surface area contributed by atoms with Crippen molar-refractivity contribution in [2.75, 3.05) is 0 Å². The summed E-state index contributed by atoms with van der Waals surface area (Å²) < 4.78 is 5.49. The maximum absolute atomic E-state index is 11.3. The minimum atomic E-state index is -0.433. The van der Waals surface area contributed by atoms with E-state index in [2.05, 4.69) is 13.8 Å². The van der Waals surface area contributed by atoms with Gasteiger partial charge in [0.1, 0.15) is 11.3 Å². The van der Waals surface area contributed by atoms with Crippen LogP contribution in [0.25, 0.3) is 11.0 Å². The van der Waals surface area contributed by atoms with Crippen molar-refractivity contribution in [1.82, 2.24) is 0 Å². The van der Waals surface area contributed by atoms with E-state index in [0.717, 1.165) is 11.0 Å². The van der Waals surface area contributed by atoms with Gasteiger partial charge in [0.25, 0.3) is 5.91 Å². The molecule has 0 atom stereocenters. The molecule has 2 aromatic rings. The Labute approximate surface area is 94.2 Å². The molecule has 0 saturated heterocycles. The highest BCUT2D eigenvalue weighted by atomic mass is 16.3. The summed E-state index contributed by atoms with van der Waals surface area (Å²) in [6, 6.07) is 5.89. The zero-order chi connectivity index (χ0) is 11.9. The second-order valence-corrected chi connectivity index (χ2v) is 4.31. The first-order chi connectivity index (χ1) is 7.50. The SMILES string of the molecule is Cc1oc2ccc(C(C)C)cc2c1C(N)=O. The molecule has 0 aliphatic carbocycles. The van der Waals surface area contributed by atoms with Crippen LogP contribution >= 0.6 is 0 Å². The van der Waals surface area contributed by atoms with Crippen molar-refractivity contribution in [3.8, 4) is 0 Å². The number of hydrogen-bond acceptors (Lipinski definition) is 2. The molecule has 84 valence electrons. The Morgan fingerprint density at radius 2 is 2.06 bits per heavy atom. The van der Waals surface area contributed by atoms with Gasteiger partial charge in [0.05, 0.1) is 5.56 Å². The summed E-state index contributed by atoms with van der Waals surface area (Å²) >= 11 is 0. The summed E-state index contributed by atoms with van der Waals surface area (Å²) in [5.74, 6) is 0.570. The van der Waals surface area contributed by atoms with Gasteiger partial charge in [0.2, 0.25) is 0 Å². The van der Waals surface area contributed by atoms with Gasteiger partial charge in [-0.25, -0.2) is 0 Å². The molecule has 3 nitrogen and oxygen atoms in total. The van der Waals surface area contributed by atoms with Crippen molar-refractivity contribution in [3.63, 3.8) is 0 Å². The van der Waals surface area contributed by atoms with Crippen LogP contribution in [0.4, 0.5) is 0 Å². The number of hydrogen-bond donors (Lipinski definition) is 1. The Balaban J connectivity index is 2.74. The fourth-order valence-corrected chi connectivity index (χ4v) is 1.90. The number of amides is 1. The van der Waals surface area contributed by atoms with Crippen molar-refractivity contribution >= 4 is 16.9 Å². The molecule has 0 aliphatic rings. The summed E-state index contributed by atoms with van der Waals surface area (Å²) in [6.07, 6.45) is 0. The monoisotopic (exact) mass is 217 g/mol. The van der Waals surface area contributed by atoms with E-state index in [1.54, 1.807) is 6.92 Å². The predicted octanol–water partition coefficient (Wildman–Crippen LogP) is 2.96. The number of furan rings is 1. The molecule has 1 heterocycles. The number of fused-ring (bicyclic) bond motifs is 1. The van der Waals surface area contributed by atoms with E-state index >= 15 is 0 Å². The van der Waals surface area contributed by atoms with E-state index in [4.69, 9.17) is 10.2 Å². The lowest BCUT2D eigenvalue weighted by molar-refractivity contribution is 0.1000. The van der Waals surface area contributed by atoms with Crippen LogP contribution in [0, 0.1) is 6.92 Å². The molecule has 0 spiro atoms. The number of nitrogens with two attached hydrogens (primary N) is 1. The van der Waals surface area contributed by atoms with Gasteiger partial charge >= 0.3 is 0 Å². The average Bonchev–Trinajstić information content (AvgIpc) is 2.51. The molecular weight excluding hydrogens is 202 g/mol. The number of rotatable bonds is 2. The maximum atomic E-state index is 11.3. The van der Waals surface area contributed by atoms with Gasteiger partial charge in [-0.1, -0.05) is 19.9 Å². The minimum absolute atomic E-state index is 0.417. The number of aryl methyl sites for hydroxylation is 1. The Kier molecular flexibility index (Phi) is 2.46. The van der Waals surface area contributed by atoms with E-state index in [-0.39, 0.29) is 0 Å². The lowest BCUT2D eigenvalue weighted by Gasteiger charge is -2.04. The molecular formula is C13H15NO2. The van der Waals surface area contributed by atoms with Crippen LogP contribution in [0.1, 0.15) is 41.4 Å². The second-order valence-electron chi connectivity index (χ2n) is 4.31. The maximum Gasteiger partial charge on any atom is 0.252 e. The molecule has 0 saturated carbocycles. The average molecular weight is 217 g/mol. The Hall–Kier alpha value is -1.77. The third-order valence-electron chi connectivity index (χ3n) is 2.80. The molecule has 2 N–H and O–H groups in total. The molecule has 0 unspecified atom stereocenters. The summed E-state index contributed by atoms with van der Waals surface area (Å²) in [7, 11) is 0. The van der Waals surface area contributed by atoms with Gasteiger partial charge in [-0.2, -0.15) is 0 Å². The topological polar surface area (TPSA) is 56.2 Å². The molecule has 0 aliphatic heterocycles. The van der Waals surface area contributed by atoms with Crippen molar-refractivity contribution < 1.29 is 9.21 Å². The quantitative estimate of drug-likeness (QED) is 0.840. The second kappa shape index (κ2) is 3.67. The predicted molar refractivity (Wildman–Crippen MR) is 63.6 cm³/mol. The summed E-state index contributed by atoms with van der Waals surface area (Å²) in [5, 5.41) is 0.816. The van der Waals surface area contributed by atoms with Crippen LogP contribution in [0.15, 0.2) is 22.6 Å². The highest BCUT2D eigenvalue weighted by Gasteiger charge is 2.16. The summed E-state index contributed by atoms with van der Waals surface area (Å²) in [5.41, 5.74) is 7.74. The van der Waals surface area contributed by atoms with Crippen molar-refractivity contribution in [2.24, 2.45) is 5.73 Å². The molecule has 1 aromatic carbocycles. The van der Waals surface area contributed by atoms with E-state index in [1.165, 1.54) is 5.56 Å². The van der Waals surface area contributed by atoms with Crippen LogP contribution in [-0.2, 0) is 0 Å².